The number of carbonyl (C=O) groups excluding carboxylic acids is 1. The molecule has 1 aliphatic carbocycles. The van der Waals surface area contributed by atoms with Crippen LogP contribution in [0, 0.1) is 6.92 Å². The molecule has 6 heteroatoms. The topological polar surface area (TPSA) is 56.0 Å². The van der Waals surface area contributed by atoms with Crippen LogP contribution in [0.5, 0.6) is 0 Å². The number of amides is 1. The molecular weight excluding hydrogens is 382 g/mol. The molecular formula is C23H27N3O2S. The van der Waals surface area contributed by atoms with Crippen LogP contribution in [0.3, 0.4) is 0 Å². The van der Waals surface area contributed by atoms with E-state index in [4.69, 9.17) is 0 Å². The smallest absolute Gasteiger partial charge is 0.321 e. The van der Waals surface area contributed by atoms with Crippen molar-refractivity contribution in [3.8, 4) is 0 Å². The zero-order chi connectivity index (χ0) is 20.5. The van der Waals surface area contributed by atoms with Gasteiger partial charge in [0.05, 0.1) is 16.7 Å². The van der Waals surface area contributed by atoms with Gasteiger partial charge in [-0.15, -0.1) is 11.8 Å². The van der Waals surface area contributed by atoms with Crippen molar-refractivity contribution in [2.45, 2.75) is 49.2 Å². The number of rotatable bonds is 4. The third-order valence-electron chi connectivity index (χ3n) is 5.75. The number of hydrogen-bond acceptors (Lipinski definition) is 3. The van der Waals surface area contributed by atoms with Crippen molar-refractivity contribution in [3.05, 3.63) is 58.0 Å². The second-order valence-electron chi connectivity index (χ2n) is 7.94. The molecule has 1 heterocycles. The van der Waals surface area contributed by atoms with Gasteiger partial charge in [-0.1, -0.05) is 37.0 Å². The highest BCUT2D eigenvalue weighted by Gasteiger charge is 2.20. The van der Waals surface area contributed by atoms with E-state index in [1.807, 2.05) is 49.0 Å². The Hall–Kier alpha value is -2.47. The molecule has 3 aromatic rings. The van der Waals surface area contributed by atoms with E-state index < -0.39 is 0 Å². The van der Waals surface area contributed by atoms with Crippen molar-refractivity contribution in [3.63, 3.8) is 0 Å². The van der Waals surface area contributed by atoms with Crippen LogP contribution in [-0.2, 0) is 14.1 Å². The first kappa shape index (κ1) is 19.8. The molecule has 0 spiro atoms. The number of carbonyl (C=O) groups is 1. The molecule has 1 N–H and O–H groups in total. The van der Waals surface area contributed by atoms with E-state index in [1.165, 1.54) is 32.1 Å². The van der Waals surface area contributed by atoms with Crippen molar-refractivity contribution >= 4 is 34.4 Å². The summed E-state index contributed by atoms with van der Waals surface area (Å²) in [6, 6.07) is 11.6. The summed E-state index contributed by atoms with van der Waals surface area (Å²) in [5.41, 5.74) is 4.13. The van der Waals surface area contributed by atoms with Crippen LogP contribution in [0.1, 0.15) is 48.0 Å². The number of aromatic nitrogens is 2. The summed E-state index contributed by atoms with van der Waals surface area (Å²) in [7, 11) is 3.56. The molecule has 1 amide bonds. The Morgan fingerprint density at radius 1 is 1.03 bits per heavy atom. The van der Waals surface area contributed by atoms with Gasteiger partial charge in [0, 0.05) is 29.8 Å². The normalized spacial score (nSPS) is 15.0. The molecule has 0 unspecified atom stereocenters. The molecule has 5 nitrogen and oxygen atoms in total. The minimum absolute atomic E-state index is 0.0595. The predicted octanol–water partition coefficient (Wildman–Crippen LogP) is 4.86. The van der Waals surface area contributed by atoms with Gasteiger partial charge in [-0.3, -0.25) is 13.9 Å². The van der Waals surface area contributed by atoms with Crippen LogP contribution in [0.2, 0.25) is 0 Å². The molecule has 1 fully saturated rings. The summed E-state index contributed by atoms with van der Waals surface area (Å²) in [5.74, 6) is -0.125. The van der Waals surface area contributed by atoms with Crippen LogP contribution in [0.25, 0.3) is 11.0 Å². The third-order valence-corrected chi connectivity index (χ3v) is 7.14. The lowest BCUT2D eigenvalue weighted by Crippen LogP contribution is -2.19. The number of nitrogens with zero attached hydrogens (tertiary/aromatic N) is 2. The summed E-state index contributed by atoms with van der Waals surface area (Å²) < 4.78 is 3.30. The number of aryl methyl sites for hydroxylation is 3. The second-order valence-corrected chi connectivity index (χ2v) is 9.28. The van der Waals surface area contributed by atoms with Gasteiger partial charge in [-0.25, -0.2) is 4.79 Å². The van der Waals surface area contributed by atoms with E-state index in [0.29, 0.717) is 10.8 Å². The Balaban J connectivity index is 1.74. The van der Waals surface area contributed by atoms with Gasteiger partial charge in [0.2, 0.25) is 0 Å². The van der Waals surface area contributed by atoms with Gasteiger partial charge >= 0.3 is 5.69 Å². The fraction of sp³-hybridized carbons (Fsp3) is 0.391. The highest BCUT2D eigenvalue weighted by molar-refractivity contribution is 8.00. The molecule has 29 heavy (non-hydrogen) atoms. The highest BCUT2D eigenvalue weighted by Crippen LogP contribution is 2.39. The van der Waals surface area contributed by atoms with E-state index in [1.54, 1.807) is 23.2 Å². The molecule has 0 saturated heterocycles. The van der Waals surface area contributed by atoms with E-state index in [-0.39, 0.29) is 11.6 Å². The number of anilines is 1. The van der Waals surface area contributed by atoms with Gasteiger partial charge in [0.25, 0.3) is 5.91 Å². The lowest BCUT2D eigenvalue weighted by molar-refractivity contribution is 0.102. The number of thioether (sulfide) groups is 1. The van der Waals surface area contributed by atoms with Crippen LogP contribution >= 0.6 is 11.8 Å². The first-order chi connectivity index (χ1) is 13.9. The van der Waals surface area contributed by atoms with E-state index in [0.717, 1.165) is 27.2 Å². The molecule has 0 bridgehead atoms. The van der Waals surface area contributed by atoms with E-state index in [2.05, 4.69) is 11.4 Å². The first-order valence-electron chi connectivity index (χ1n) is 10.2. The van der Waals surface area contributed by atoms with Gasteiger partial charge in [0.15, 0.2) is 0 Å². The highest BCUT2D eigenvalue weighted by atomic mass is 32.2. The number of benzene rings is 2. The van der Waals surface area contributed by atoms with Crippen LogP contribution in [0.4, 0.5) is 5.69 Å². The van der Waals surface area contributed by atoms with Crippen LogP contribution in [-0.4, -0.2) is 20.3 Å². The van der Waals surface area contributed by atoms with Crippen LogP contribution < -0.4 is 11.0 Å². The number of hydrogen-bond donors (Lipinski definition) is 1. The number of fused-ring (bicyclic) bond motifs is 1. The SMILES string of the molecule is Cc1cccc(C(=O)Nc2cc3c(cc2SC2CCCCC2)n(C)c(=O)n3C)c1. The van der Waals surface area contributed by atoms with Crippen LogP contribution in [0.15, 0.2) is 46.1 Å². The predicted molar refractivity (Wildman–Crippen MR) is 120 cm³/mol. The maximum atomic E-state index is 12.9. The molecule has 1 aromatic heterocycles. The van der Waals surface area contributed by atoms with Crippen molar-refractivity contribution in [1.29, 1.82) is 0 Å². The van der Waals surface area contributed by atoms with Gasteiger partial charge < -0.3 is 5.32 Å². The van der Waals surface area contributed by atoms with Crippen molar-refractivity contribution in [2.24, 2.45) is 14.1 Å². The Morgan fingerprint density at radius 3 is 2.41 bits per heavy atom. The monoisotopic (exact) mass is 409 g/mol. The number of imidazole rings is 1. The largest absolute Gasteiger partial charge is 0.328 e. The van der Waals surface area contributed by atoms with Crippen molar-refractivity contribution < 1.29 is 4.79 Å². The minimum atomic E-state index is -0.125. The van der Waals surface area contributed by atoms with Crippen molar-refractivity contribution in [1.82, 2.24) is 9.13 Å². The lowest BCUT2D eigenvalue weighted by Gasteiger charge is -2.22. The Labute approximate surface area is 175 Å². The standard InChI is InChI=1S/C23H27N3O2S/c1-15-8-7-9-16(12-15)22(27)24-18-13-19-20(26(3)23(28)25(19)2)14-21(18)29-17-10-5-4-6-11-17/h7-9,12-14,17H,4-6,10-11H2,1-3H3,(H,24,27). The van der Waals surface area contributed by atoms with Gasteiger partial charge in [-0.05, 0) is 44.0 Å². The first-order valence-corrected chi connectivity index (χ1v) is 11.1. The molecule has 2 aromatic carbocycles. The molecule has 1 aliphatic rings. The fourth-order valence-corrected chi connectivity index (χ4v) is 5.41. The van der Waals surface area contributed by atoms with E-state index >= 15 is 0 Å². The molecule has 0 atom stereocenters. The summed E-state index contributed by atoms with van der Waals surface area (Å²) in [6.45, 7) is 1.98. The fourth-order valence-electron chi connectivity index (χ4n) is 4.06. The number of nitrogens with one attached hydrogen (secondary N) is 1. The average molecular weight is 410 g/mol. The quantitative estimate of drug-likeness (QED) is 0.669. The Bertz CT molecular complexity index is 1120. The van der Waals surface area contributed by atoms with Gasteiger partial charge in [-0.2, -0.15) is 0 Å². The van der Waals surface area contributed by atoms with E-state index in [9.17, 15) is 9.59 Å². The molecule has 0 aliphatic heterocycles. The molecule has 0 radical (unpaired) electrons. The summed E-state index contributed by atoms with van der Waals surface area (Å²) >= 11 is 1.83. The third kappa shape index (κ3) is 3.99. The zero-order valence-corrected chi connectivity index (χ0v) is 18.0. The summed E-state index contributed by atoms with van der Waals surface area (Å²) in [6.07, 6.45) is 6.22. The second kappa shape index (κ2) is 8.11. The average Bonchev–Trinajstić information content (AvgIpc) is 2.93. The molecule has 152 valence electrons. The lowest BCUT2D eigenvalue weighted by atomic mass is 10.0. The Kier molecular flexibility index (Phi) is 5.54. The minimum Gasteiger partial charge on any atom is -0.321 e. The van der Waals surface area contributed by atoms with Gasteiger partial charge in [0.1, 0.15) is 0 Å². The maximum absolute atomic E-state index is 12.9. The molecule has 1 saturated carbocycles. The Morgan fingerprint density at radius 2 is 1.72 bits per heavy atom. The van der Waals surface area contributed by atoms with Crippen molar-refractivity contribution in [2.75, 3.05) is 5.32 Å². The zero-order valence-electron chi connectivity index (χ0n) is 17.2. The summed E-state index contributed by atoms with van der Waals surface area (Å²) in [5, 5.41) is 3.66. The maximum Gasteiger partial charge on any atom is 0.328 e. The summed E-state index contributed by atoms with van der Waals surface area (Å²) in [4.78, 5) is 26.4. The molecule has 4 rings (SSSR count).